The molecule has 1 amide bonds. The van der Waals surface area contributed by atoms with E-state index in [0.29, 0.717) is 25.1 Å². The summed E-state index contributed by atoms with van der Waals surface area (Å²) >= 11 is 0. The van der Waals surface area contributed by atoms with Crippen LogP contribution in [0.25, 0.3) is 0 Å². The lowest BCUT2D eigenvalue weighted by atomic mass is 9.98. The van der Waals surface area contributed by atoms with Gasteiger partial charge in [-0.05, 0) is 25.0 Å². The number of nitrogens with zero attached hydrogens (tertiary/aromatic N) is 3. The Kier molecular flexibility index (Phi) is 7.14. The van der Waals surface area contributed by atoms with Crippen molar-refractivity contribution in [3.8, 4) is 11.5 Å². The summed E-state index contributed by atoms with van der Waals surface area (Å²) in [5.74, 6) is 0.109. The van der Waals surface area contributed by atoms with Gasteiger partial charge in [-0.2, -0.15) is 4.31 Å². The Morgan fingerprint density at radius 3 is 2.23 bits per heavy atom. The van der Waals surface area contributed by atoms with Gasteiger partial charge in [0.05, 0.1) is 26.4 Å². The number of ether oxygens (including phenoxy) is 2. The third-order valence-corrected chi connectivity index (χ3v) is 8.93. The molecular weight excluding hydrogens is 446 g/mol. The van der Waals surface area contributed by atoms with E-state index in [1.165, 1.54) is 28.9 Å². The molecule has 0 radical (unpaired) electrons. The molecule has 1 atom stereocenters. The highest BCUT2D eigenvalue weighted by Crippen LogP contribution is 2.31. The second-order valence-corrected chi connectivity index (χ2v) is 11.6. The predicted octanol–water partition coefficient (Wildman–Crippen LogP) is 0.208. The quantitative estimate of drug-likeness (QED) is 0.578. The highest BCUT2D eigenvalue weighted by Gasteiger charge is 2.36. The first-order valence-electron chi connectivity index (χ1n) is 10.0. The molecule has 2 aliphatic heterocycles. The van der Waals surface area contributed by atoms with Crippen molar-refractivity contribution >= 4 is 26.0 Å². The molecule has 2 heterocycles. The SMILES string of the molecule is COc1ccc(OC)c(S(=O)(=O)N2CCN(C(=O)C3CCCN(S(C)(=O)=O)C3)CC2)c1. The third kappa shape index (κ3) is 5.13. The van der Waals surface area contributed by atoms with E-state index in [1.54, 1.807) is 17.0 Å². The molecule has 1 aromatic rings. The Labute approximate surface area is 183 Å². The molecule has 0 N–H and O–H groups in total. The standard InChI is InChI=1S/C19H29N3O7S2/c1-28-16-6-7-17(29-2)18(13-16)31(26,27)21-11-9-20(10-12-21)19(23)15-5-4-8-22(14-15)30(3,24)25/h6-7,13,15H,4-5,8-12,14H2,1-3H3. The molecule has 0 spiro atoms. The molecule has 0 saturated carbocycles. The summed E-state index contributed by atoms with van der Waals surface area (Å²) < 4.78 is 63.0. The monoisotopic (exact) mass is 475 g/mol. The molecule has 1 unspecified atom stereocenters. The van der Waals surface area contributed by atoms with Gasteiger partial charge in [0, 0.05) is 45.3 Å². The van der Waals surface area contributed by atoms with Gasteiger partial charge in [0.2, 0.25) is 26.0 Å². The normalized spacial score (nSPS) is 21.6. The van der Waals surface area contributed by atoms with Crippen LogP contribution in [0.2, 0.25) is 0 Å². The van der Waals surface area contributed by atoms with Crippen molar-refractivity contribution in [3.63, 3.8) is 0 Å². The molecule has 3 rings (SSSR count). The maximum atomic E-state index is 13.2. The van der Waals surface area contributed by atoms with Crippen LogP contribution in [0, 0.1) is 5.92 Å². The van der Waals surface area contributed by atoms with Gasteiger partial charge in [-0.1, -0.05) is 0 Å². The summed E-state index contributed by atoms with van der Waals surface area (Å²) in [6.45, 7) is 1.40. The third-order valence-electron chi connectivity index (χ3n) is 5.74. The van der Waals surface area contributed by atoms with Crippen molar-refractivity contribution < 1.29 is 31.1 Å². The van der Waals surface area contributed by atoms with Crippen LogP contribution in [0.4, 0.5) is 0 Å². The molecule has 1 aromatic carbocycles. The van der Waals surface area contributed by atoms with Crippen LogP contribution in [-0.2, 0) is 24.8 Å². The summed E-state index contributed by atoms with van der Waals surface area (Å²) in [7, 11) is -4.32. The van der Waals surface area contributed by atoms with E-state index in [-0.39, 0.29) is 49.3 Å². The molecule has 2 fully saturated rings. The molecule has 174 valence electrons. The summed E-state index contributed by atoms with van der Waals surface area (Å²) in [5, 5.41) is 0. The lowest BCUT2D eigenvalue weighted by molar-refractivity contribution is -0.137. The molecule has 0 bridgehead atoms. The number of carbonyl (C=O) groups excluding carboxylic acids is 1. The Bertz CT molecular complexity index is 1020. The van der Waals surface area contributed by atoms with Crippen molar-refractivity contribution in [3.05, 3.63) is 18.2 Å². The first-order chi connectivity index (χ1) is 14.6. The summed E-state index contributed by atoms with van der Waals surface area (Å²) in [6, 6.07) is 4.59. The molecule has 10 nitrogen and oxygen atoms in total. The van der Waals surface area contributed by atoms with Gasteiger partial charge in [-0.25, -0.2) is 21.1 Å². The van der Waals surface area contributed by atoms with E-state index >= 15 is 0 Å². The van der Waals surface area contributed by atoms with Gasteiger partial charge in [0.15, 0.2) is 0 Å². The van der Waals surface area contributed by atoms with Crippen molar-refractivity contribution in [2.75, 3.05) is 59.7 Å². The average Bonchev–Trinajstić information content (AvgIpc) is 2.77. The molecule has 0 aliphatic carbocycles. The van der Waals surface area contributed by atoms with Crippen LogP contribution in [0.15, 0.2) is 23.1 Å². The van der Waals surface area contributed by atoms with Gasteiger partial charge in [0.25, 0.3) is 0 Å². The maximum absolute atomic E-state index is 13.2. The van der Waals surface area contributed by atoms with E-state index in [9.17, 15) is 21.6 Å². The number of benzene rings is 1. The Morgan fingerprint density at radius 2 is 1.65 bits per heavy atom. The summed E-state index contributed by atoms with van der Waals surface area (Å²) in [5.41, 5.74) is 0. The van der Waals surface area contributed by atoms with E-state index in [4.69, 9.17) is 9.47 Å². The second kappa shape index (κ2) is 9.31. The van der Waals surface area contributed by atoms with Gasteiger partial charge >= 0.3 is 0 Å². The lowest BCUT2D eigenvalue weighted by Crippen LogP contribution is -2.54. The number of hydrogen-bond acceptors (Lipinski definition) is 7. The highest BCUT2D eigenvalue weighted by molar-refractivity contribution is 7.89. The molecule has 31 heavy (non-hydrogen) atoms. The van der Waals surface area contributed by atoms with Gasteiger partial charge in [-0.3, -0.25) is 4.79 Å². The highest BCUT2D eigenvalue weighted by atomic mass is 32.2. The van der Waals surface area contributed by atoms with Crippen molar-refractivity contribution in [1.82, 2.24) is 13.5 Å². The van der Waals surface area contributed by atoms with Crippen LogP contribution in [0.5, 0.6) is 11.5 Å². The van der Waals surface area contributed by atoms with Crippen LogP contribution >= 0.6 is 0 Å². The predicted molar refractivity (Wildman–Crippen MR) is 114 cm³/mol. The molecule has 2 aliphatic rings. The molecular formula is C19H29N3O7S2. The molecule has 12 heteroatoms. The minimum Gasteiger partial charge on any atom is -0.497 e. The Morgan fingerprint density at radius 1 is 0.968 bits per heavy atom. The number of hydrogen-bond donors (Lipinski definition) is 0. The van der Waals surface area contributed by atoms with E-state index in [1.807, 2.05) is 0 Å². The van der Waals surface area contributed by atoms with Crippen LogP contribution in [-0.4, -0.2) is 96.0 Å². The van der Waals surface area contributed by atoms with Gasteiger partial charge in [0.1, 0.15) is 16.4 Å². The summed E-state index contributed by atoms with van der Waals surface area (Å²) in [4.78, 5) is 14.6. The largest absolute Gasteiger partial charge is 0.497 e. The topological polar surface area (TPSA) is 114 Å². The fourth-order valence-corrected chi connectivity index (χ4v) is 6.48. The zero-order valence-electron chi connectivity index (χ0n) is 18.0. The fraction of sp³-hybridized carbons (Fsp3) is 0.632. The number of carbonyl (C=O) groups is 1. The Balaban J connectivity index is 1.68. The van der Waals surface area contributed by atoms with Crippen molar-refractivity contribution in [2.45, 2.75) is 17.7 Å². The lowest BCUT2D eigenvalue weighted by Gasteiger charge is -2.38. The summed E-state index contributed by atoms with van der Waals surface area (Å²) in [6.07, 6.45) is 2.41. The molecule has 2 saturated heterocycles. The smallest absolute Gasteiger partial charge is 0.247 e. The maximum Gasteiger partial charge on any atom is 0.247 e. The number of rotatable bonds is 6. The second-order valence-electron chi connectivity index (χ2n) is 7.71. The number of piperazine rings is 1. The van der Waals surface area contributed by atoms with Gasteiger partial charge < -0.3 is 14.4 Å². The first kappa shape index (κ1) is 23.8. The van der Waals surface area contributed by atoms with Crippen molar-refractivity contribution in [1.29, 1.82) is 0 Å². The van der Waals surface area contributed by atoms with Crippen LogP contribution in [0.3, 0.4) is 0 Å². The van der Waals surface area contributed by atoms with Crippen LogP contribution in [0.1, 0.15) is 12.8 Å². The van der Waals surface area contributed by atoms with Crippen LogP contribution < -0.4 is 9.47 Å². The molecule has 0 aromatic heterocycles. The number of sulfonamides is 2. The number of amides is 1. The number of piperidine rings is 1. The van der Waals surface area contributed by atoms with Gasteiger partial charge in [-0.15, -0.1) is 0 Å². The van der Waals surface area contributed by atoms with Crippen molar-refractivity contribution in [2.24, 2.45) is 5.92 Å². The van der Waals surface area contributed by atoms with E-state index < -0.39 is 26.0 Å². The first-order valence-corrected chi connectivity index (χ1v) is 13.3. The van der Waals surface area contributed by atoms with E-state index in [0.717, 1.165) is 6.26 Å². The average molecular weight is 476 g/mol. The minimum absolute atomic E-state index is 0.0187. The zero-order chi connectivity index (χ0) is 22.8. The number of methoxy groups -OCH3 is 2. The fourth-order valence-electron chi connectivity index (χ4n) is 3.98. The Hall–Kier alpha value is -1.89. The zero-order valence-corrected chi connectivity index (χ0v) is 19.6. The minimum atomic E-state index is -3.84. The van der Waals surface area contributed by atoms with E-state index in [2.05, 4.69) is 0 Å².